The van der Waals surface area contributed by atoms with Gasteiger partial charge in [-0.25, -0.2) is 0 Å². The molecule has 1 unspecified atom stereocenters. The minimum Gasteiger partial charge on any atom is -0.383 e. The van der Waals surface area contributed by atoms with E-state index in [1.165, 1.54) is 6.42 Å². The first kappa shape index (κ1) is 9.45. The molecule has 1 atom stereocenters. The maximum Gasteiger partial charge on any atom is 0.132 e. The van der Waals surface area contributed by atoms with Gasteiger partial charge >= 0.3 is 0 Å². The molecule has 0 bridgehead atoms. The summed E-state index contributed by atoms with van der Waals surface area (Å²) in [5.41, 5.74) is 5.63. The Balaban J connectivity index is 2.38. The van der Waals surface area contributed by atoms with Crippen molar-refractivity contribution in [3.05, 3.63) is 6.20 Å². The molecule has 0 saturated carbocycles. The van der Waals surface area contributed by atoms with Gasteiger partial charge in [-0.3, -0.25) is 5.10 Å². The van der Waals surface area contributed by atoms with Gasteiger partial charge in [0.2, 0.25) is 0 Å². The van der Waals surface area contributed by atoms with Crippen molar-refractivity contribution < 1.29 is 0 Å². The largest absolute Gasteiger partial charge is 0.383 e. The van der Waals surface area contributed by atoms with Crippen LogP contribution >= 0.6 is 11.8 Å². The number of nitrogen functional groups attached to an aromatic ring is 1. The smallest absolute Gasteiger partial charge is 0.132 e. The highest BCUT2D eigenvalue weighted by atomic mass is 32.2. The molecule has 1 aromatic heterocycles. The van der Waals surface area contributed by atoms with Crippen molar-refractivity contribution in [2.24, 2.45) is 5.92 Å². The lowest BCUT2D eigenvalue weighted by molar-refractivity contribution is 0.637. The van der Waals surface area contributed by atoms with Crippen LogP contribution in [0, 0.1) is 5.92 Å². The van der Waals surface area contributed by atoms with Crippen LogP contribution in [0.2, 0.25) is 0 Å². The summed E-state index contributed by atoms with van der Waals surface area (Å²) >= 11 is 1.77. The lowest BCUT2D eigenvalue weighted by Crippen LogP contribution is -1.95. The molecule has 0 fully saturated rings. The van der Waals surface area contributed by atoms with E-state index in [-0.39, 0.29) is 0 Å². The Kier molecular flexibility index (Phi) is 3.47. The predicted octanol–water partition coefficient (Wildman–Crippen LogP) is 2.13. The molecule has 0 amide bonds. The Hall–Kier alpha value is -0.640. The number of nitrogens with two attached hydrogens (primary N) is 1. The molecular formula is C8H15N3S. The van der Waals surface area contributed by atoms with Gasteiger partial charge in [0, 0.05) is 5.75 Å². The van der Waals surface area contributed by atoms with Crippen molar-refractivity contribution in [1.82, 2.24) is 10.2 Å². The van der Waals surface area contributed by atoms with E-state index < -0.39 is 0 Å². The number of thioether (sulfide) groups is 1. The third kappa shape index (κ3) is 2.44. The van der Waals surface area contributed by atoms with Crippen LogP contribution in [-0.2, 0) is 0 Å². The monoisotopic (exact) mass is 185 g/mol. The summed E-state index contributed by atoms with van der Waals surface area (Å²) in [7, 11) is 0. The normalized spacial score (nSPS) is 13.2. The molecule has 68 valence electrons. The number of rotatable bonds is 4. The SMILES string of the molecule is CCC(C)CSc1cn[nH]c1N. The summed E-state index contributed by atoms with van der Waals surface area (Å²) in [5, 5.41) is 6.57. The van der Waals surface area contributed by atoms with Crippen molar-refractivity contribution in [2.45, 2.75) is 25.2 Å². The average molecular weight is 185 g/mol. The van der Waals surface area contributed by atoms with Crippen LogP contribution in [0.1, 0.15) is 20.3 Å². The number of hydrogen-bond acceptors (Lipinski definition) is 3. The van der Waals surface area contributed by atoms with Gasteiger partial charge in [-0.15, -0.1) is 11.8 Å². The first-order chi connectivity index (χ1) is 5.74. The number of aromatic amines is 1. The highest BCUT2D eigenvalue weighted by Crippen LogP contribution is 2.24. The Labute approximate surface area is 77.1 Å². The van der Waals surface area contributed by atoms with Crippen molar-refractivity contribution in [2.75, 3.05) is 11.5 Å². The molecule has 0 spiro atoms. The maximum atomic E-state index is 5.63. The molecule has 0 aliphatic carbocycles. The van der Waals surface area contributed by atoms with E-state index in [0.29, 0.717) is 5.82 Å². The van der Waals surface area contributed by atoms with Crippen molar-refractivity contribution in [3.8, 4) is 0 Å². The second-order valence-electron chi connectivity index (χ2n) is 2.97. The van der Waals surface area contributed by atoms with Gasteiger partial charge in [-0.2, -0.15) is 5.10 Å². The predicted molar refractivity (Wildman–Crippen MR) is 53.2 cm³/mol. The molecule has 1 rings (SSSR count). The zero-order chi connectivity index (χ0) is 8.97. The second kappa shape index (κ2) is 4.40. The molecule has 0 aromatic carbocycles. The Morgan fingerprint density at radius 3 is 3.00 bits per heavy atom. The molecule has 0 aliphatic rings. The van der Waals surface area contributed by atoms with E-state index in [9.17, 15) is 0 Å². The van der Waals surface area contributed by atoms with Gasteiger partial charge in [-0.1, -0.05) is 20.3 Å². The number of nitrogens with zero attached hydrogens (tertiary/aromatic N) is 1. The lowest BCUT2D eigenvalue weighted by Gasteiger charge is -2.05. The van der Waals surface area contributed by atoms with Crippen LogP contribution in [0.15, 0.2) is 11.1 Å². The fourth-order valence-electron chi connectivity index (χ4n) is 0.750. The van der Waals surface area contributed by atoms with Crippen molar-refractivity contribution in [3.63, 3.8) is 0 Å². The Morgan fingerprint density at radius 1 is 1.75 bits per heavy atom. The van der Waals surface area contributed by atoms with Crippen LogP contribution < -0.4 is 5.73 Å². The van der Waals surface area contributed by atoms with E-state index in [1.807, 2.05) is 0 Å². The summed E-state index contributed by atoms with van der Waals surface area (Å²) in [6.07, 6.45) is 2.99. The van der Waals surface area contributed by atoms with E-state index >= 15 is 0 Å². The summed E-state index contributed by atoms with van der Waals surface area (Å²) in [6.45, 7) is 4.44. The molecule has 0 radical (unpaired) electrons. The molecule has 3 nitrogen and oxygen atoms in total. The molecule has 1 aromatic rings. The Bertz CT molecular complexity index is 234. The van der Waals surface area contributed by atoms with Crippen molar-refractivity contribution in [1.29, 1.82) is 0 Å². The molecule has 0 saturated heterocycles. The third-order valence-electron chi connectivity index (χ3n) is 1.85. The van der Waals surface area contributed by atoms with Crippen molar-refractivity contribution >= 4 is 17.6 Å². The fraction of sp³-hybridized carbons (Fsp3) is 0.625. The summed E-state index contributed by atoms with van der Waals surface area (Å²) in [6, 6.07) is 0. The van der Waals surface area contributed by atoms with Gasteiger partial charge in [-0.05, 0) is 5.92 Å². The zero-order valence-electron chi connectivity index (χ0n) is 7.50. The highest BCUT2D eigenvalue weighted by molar-refractivity contribution is 7.99. The number of H-pyrrole nitrogens is 1. The molecular weight excluding hydrogens is 170 g/mol. The van der Waals surface area contributed by atoms with Crippen LogP contribution in [0.5, 0.6) is 0 Å². The number of aromatic nitrogens is 2. The molecule has 1 heterocycles. The Morgan fingerprint density at radius 2 is 2.50 bits per heavy atom. The summed E-state index contributed by atoms with van der Waals surface area (Å²) in [4.78, 5) is 1.07. The molecule has 3 N–H and O–H groups in total. The molecule has 12 heavy (non-hydrogen) atoms. The summed E-state index contributed by atoms with van der Waals surface area (Å²) in [5.74, 6) is 2.54. The van der Waals surface area contributed by atoms with Gasteiger partial charge < -0.3 is 5.73 Å². The van der Waals surface area contributed by atoms with Crippen LogP contribution in [-0.4, -0.2) is 16.0 Å². The number of nitrogens with one attached hydrogen (secondary N) is 1. The standard InChI is InChI=1S/C8H15N3S/c1-3-6(2)5-12-7-4-10-11-8(7)9/h4,6H,3,5H2,1-2H3,(H3,9,10,11). The van der Waals surface area contributed by atoms with Gasteiger partial charge in [0.05, 0.1) is 11.1 Å². The number of anilines is 1. The van der Waals surface area contributed by atoms with E-state index in [1.54, 1.807) is 18.0 Å². The van der Waals surface area contributed by atoms with Gasteiger partial charge in [0.1, 0.15) is 5.82 Å². The van der Waals surface area contributed by atoms with Gasteiger partial charge in [0.25, 0.3) is 0 Å². The van der Waals surface area contributed by atoms with Crippen LogP contribution in [0.4, 0.5) is 5.82 Å². The van der Waals surface area contributed by atoms with Crippen LogP contribution in [0.25, 0.3) is 0 Å². The highest BCUT2D eigenvalue weighted by Gasteiger charge is 2.04. The van der Waals surface area contributed by atoms with E-state index in [2.05, 4.69) is 24.0 Å². The zero-order valence-corrected chi connectivity index (χ0v) is 8.32. The van der Waals surface area contributed by atoms with Crippen LogP contribution in [0.3, 0.4) is 0 Å². The minimum absolute atomic E-state index is 0.684. The fourth-order valence-corrected chi connectivity index (χ4v) is 1.78. The molecule has 0 aliphatic heterocycles. The number of hydrogen-bond donors (Lipinski definition) is 2. The third-order valence-corrected chi connectivity index (χ3v) is 3.22. The van der Waals surface area contributed by atoms with E-state index in [4.69, 9.17) is 5.73 Å². The lowest BCUT2D eigenvalue weighted by atomic mass is 10.2. The topological polar surface area (TPSA) is 54.7 Å². The van der Waals surface area contributed by atoms with Gasteiger partial charge in [0.15, 0.2) is 0 Å². The first-order valence-corrected chi connectivity index (χ1v) is 5.14. The quantitative estimate of drug-likeness (QED) is 0.706. The minimum atomic E-state index is 0.684. The van der Waals surface area contributed by atoms with E-state index in [0.717, 1.165) is 16.6 Å². The first-order valence-electron chi connectivity index (χ1n) is 4.15. The molecule has 4 heteroatoms. The average Bonchev–Trinajstić information content (AvgIpc) is 2.47. The summed E-state index contributed by atoms with van der Waals surface area (Å²) < 4.78 is 0. The maximum absolute atomic E-state index is 5.63. The second-order valence-corrected chi connectivity index (χ2v) is 4.03.